The lowest BCUT2D eigenvalue weighted by Crippen LogP contribution is -2.19. The summed E-state index contributed by atoms with van der Waals surface area (Å²) in [6.45, 7) is 2.46. The van der Waals surface area contributed by atoms with E-state index < -0.39 is 0 Å². The first kappa shape index (κ1) is 20.6. The number of nitrogens with one attached hydrogen (secondary N) is 1. The summed E-state index contributed by atoms with van der Waals surface area (Å²) >= 11 is 0. The van der Waals surface area contributed by atoms with E-state index in [0.29, 0.717) is 29.4 Å². The van der Waals surface area contributed by atoms with E-state index in [9.17, 15) is 4.79 Å². The quantitative estimate of drug-likeness (QED) is 0.328. The highest BCUT2D eigenvalue weighted by Crippen LogP contribution is 2.32. The van der Waals surface area contributed by atoms with E-state index in [4.69, 9.17) is 14.2 Å². The first-order valence-corrected chi connectivity index (χ1v) is 10.6. The van der Waals surface area contributed by atoms with Crippen LogP contribution in [0.1, 0.15) is 28.4 Å². The average molecular weight is 438 g/mol. The van der Waals surface area contributed by atoms with Crippen molar-refractivity contribution < 1.29 is 19.0 Å². The van der Waals surface area contributed by atoms with Crippen LogP contribution in [0.3, 0.4) is 0 Å². The fourth-order valence-electron chi connectivity index (χ4n) is 3.56. The lowest BCUT2D eigenvalue weighted by atomic mass is 10.1. The van der Waals surface area contributed by atoms with Gasteiger partial charge < -0.3 is 14.2 Å². The molecule has 1 heterocycles. The number of carbonyl (C=O) groups excluding carboxylic acids is 1. The third-order valence-corrected chi connectivity index (χ3v) is 5.46. The number of benzene rings is 4. The molecule has 6 heteroatoms. The van der Waals surface area contributed by atoms with Crippen molar-refractivity contribution in [1.82, 2.24) is 5.43 Å². The summed E-state index contributed by atoms with van der Waals surface area (Å²) in [7, 11) is 0. The number of amides is 1. The monoisotopic (exact) mass is 438 g/mol. The minimum absolute atomic E-state index is 0.217. The average Bonchev–Trinajstić information content (AvgIpc) is 3.34. The number of hydrogen-bond acceptors (Lipinski definition) is 5. The summed E-state index contributed by atoms with van der Waals surface area (Å²) in [6, 6.07) is 27.0. The van der Waals surface area contributed by atoms with Crippen molar-refractivity contribution in [2.75, 3.05) is 6.79 Å². The Morgan fingerprint density at radius 2 is 1.64 bits per heavy atom. The van der Waals surface area contributed by atoms with Gasteiger partial charge >= 0.3 is 0 Å². The summed E-state index contributed by atoms with van der Waals surface area (Å²) in [5, 5.41) is 6.53. The SMILES string of the molecule is CC(=NNC(=O)c1ccc(COc2ccc3ccccc3c2)cc1)c1ccc2c(c1)OCO2. The highest BCUT2D eigenvalue weighted by molar-refractivity contribution is 6.01. The lowest BCUT2D eigenvalue weighted by Gasteiger charge is -2.08. The largest absolute Gasteiger partial charge is 0.489 e. The maximum Gasteiger partial charge on any atom is 0.271 e. The normalized spacial score (nSPS) is 12.6. The van der Waals surface area contributed by atoms with E-state index in [1.54, 1.807) is 12.1 Å². The molecule has 4 aromatic carbocycles. The summed E-state index contributed by atoms with van der Waals surface area (Å²) in [6.07, 6.45) is 0. The number of ether oxygens (including phenoxy) is 3. The molecule has 6 nitrogen and oxygen atoms in total. The van der Waals surface area contributed by atoms with Crippen LogP contribution in [0.4, 0.5) is 0 Å². The predicted molar refractivity (Wildman–Crippen MR) is 127 cm³/mol. The second kappa shape index (κ2) is 9.04. The van der Waals surface area contributed by atoms with Crippen LogP contribution in [0.2, 0.25) is 0 Å². The van der Waals surface area contributed by atoms with E-state index in [2.05, 4.69) is 22.7 Å². The van der Waals surface area contributed by atoms with E-state index in [0.717, 1.165) is 22.3 Å². The third kappa shape index (κ3) is 4.65. The molecule has 1 N–H and O–H groups in total. The molecule has 0 spiro atoms. The van der Waals surface area contributed by atoms with Crippen LogP contribution in [0, 0.1) is 0 Å². The molecule has 33 heavy (non-hydrogen) atoms. The van der Waals surface area contributed by atoms with Gasteiger partial charge in [0.05, 0.1) is 5.71 Å². The standard InChI is InChI=1S/C27H22N2O4/c1-18(22-11-13-25-26(15-22)33-17-32-25)28-29-27(30)21-8-6-19(7-9-21)16-31-24-12-10-20-4-2-3-5-23(20)14-24/h2-15H,16-17H2,1H3,(H,29,30). The molecule has 0 radical (unpaired) electrons. The molecule has 4 aromatic rings. The Bertz CT molecular complexity index is 1350. The van der Waals surface area contributed by atoms with E-state index in [-0.39, 0.29) is 12.7 Å². The Hall–Kier alpha value is -4.32. The Kier molecular flexibility index (Phi) is 5.64. The van der Waals surface area contributed by atoms with E-state index in [1.807, 2.05) is 67.6 Å². The van der Waals surface area contributed by atoms with Gasteiger partial charge in [-0.15, -0.1) is 0 Å². The summed E-state index contributed by atoms with van der Waals surface area (Å²) in [5.41, 5.74) is 5.61. The van der Waals surface area contributed by atoms with Crippen molar-refractivity contribution >= 4 is 22.4 Å². The molecule has 164 valence electrons. The summed E-state index contributed by atoms with van der Waals surface area (Å²) in [5.74, 6) is 1.91. The van der Waals surface area contributed by atoms with Crippen molar-refractivity contribution in [1.29, 1.82) is 0 Å². The Balaban J connectivity index is 1.19. The van der Waals surface area contributed by atoms with Crippen LogP contribution in [0.15, 0.2) is 90.0 Å². The second-order valence-corrected chi connectivity index (χ2v) is 7.70. The summed E-state index contributed by atoms with van der Waals surface area (Å²) in [4.78, 5) is 12.5. The van der Waals surface area contributed by atoms with Gasteiger partial charge in [0.1, 0.15) is 12.4 Å². The van der Waals surface area contributed by atoms with Gasteiger partial charge in [-0.1, -0.05) is 42.5 Å². The van der Waals surface area contributed by atoms with Gasteiger partial charge in [0.2, 0.25) is 6.79 Å². The molecule has 0 aliphatic carbocycles. The molecular formula is C27H22N2O4. The third-order valence-electron chi connectivity index (χ3n) is 5.46. The Labute approximate surface area is 191 Å². The number of hydrogen-bond donors (Lipinski definition) is 1. The van der Waals surface area contributed by atoms with E-state index >= 15 is 0 Å². The van der Waals surface area contributed by atoms with E-state index in [1.165, 1.54) is 5.39 Å². The molecule has 1 aliphatic rings. The molecule has 1 amide bonds. The van der Waals surface area contributed by atoms with Gasteiger partial charge in [0.25, 0.3) is 5.91 Å². The van der Waals surface area contributed by atoms with Gasteiger partial charge in [-0.25, -0.2) is 5.43 Å². The molecule has 0 saturated heterocycles. The Morgan fingerprint density at radius 1 is 0.879 bits per heavy atom. The van der Waals surface area contributed by atoms with Gasteiger partial charge in [0.15, 0.2) is 11.5 Å². The van der Waals surface area contributed by atoms with Crippen LogP contribution in [-0.2, 0) is 6.61 Å². The second-order valence-electron chi connectivity index (χ2n) is 7.70. The van der Waals surface area contributed by atoms with Crippen LogP contribution < -0.4 is 19.6 Å². The van der Waals surface area contributed by atoms with Crippen molar-refractivity contribution in [2.24, 2.45) is 5.10 Å². The van der Waals surface area contributed by atoms with Crippen molar-refractivity contribution in [3.05, 3.63) is 102 Å². The number of fused-ring (bicyclic) bond motifs is 2. The van der Waals surface area contributed by atoms with Crippen LogP contribution in [0.5, 0.6) is 17.2 Å². The zero-order valence-corrected chi connectivity index (χ0v) is 18.1. The molecule has 0 fully saturated rings. The Morgan fingerprint density at radius 3 is 2.48 bits per heavy atom. The molecule has 1 aliphatic heterocycles. The van der Waals surface area contributed by atoms with Crippen molar-refractivity contribution in [2.45, 2.75) is 13.5 Å². The van der Waals surface area contributed by atoms with Gasteiger partial charge in [0, 0.05) is 11.1 Å². The summed E-state index contributed by atoms with van der Waals surface area (Å²) < 4.78 is 16.6. The molecule has 0 aromatic heterocycles. The van der Waals surface area contributed by atoms with Gasteiger partial charge in [-0.05, 0) is 65.7 Å². The first-order chi connectivity index (χ1) is 16.2. The molecule has 0 unspecified atom stereocenters. The lowest BCUT2D eigenvalue weighted by molar-refractivity contribution is 0.0954. The maximum absolute atomic E-state index is 12.5. The fraction of sp³-hybridized carbons (Fsp3) is 0.111. The van der Waals surface area contributed by atoms with Crippen molar-refractivity contribution in [3.8, 4) is 17.2 Å². The minimum atomic E-state index is -0.280. The number of nitrogens with zero attached hydrogens (tertiary/aromatic N) is 1. The van der Waals surface area contributed by atoms with Crippen molar-refractivity contribution in [3.63, 3.8) is 0 Å². The highest BCUT2D eigenvalue weighted by Gasteiger charge is 2.14. The molecule has 5 rings (SSSR count). The van der Waals surface area contributed by atoms with Crippen LogP contribution in [0.25, 0.3) is 10.8 Å². The zero-order chi connectivity index (χ0) is 22.6. The van der Waals surface area contributed by atoms with Crippen LogP contribution >= 0.6 is 0 Å². The first-order valence-electron chi connectivity index (χ1n) is 10.6. The minimum Gasteiger partial charge on any atom is -0.489 e. The fourth-order valence-corrected chi connectivity index (χ4v) is 3.56. The number of carbonyl (C=O) groups is 1. The molecule has 0 bridgehead atoms. The maximum atomic E-state index is 12.5. The number of hydrazone groups is 1. The number of rotatable bonds is 6. The molecular weight excluding hydrogens is 416 g/mol. The molecule has 0 atom stereocenters. The zero-order valence-electron chi connectivity index (χ0n) is 18.1. The topological polar surface area (TPSA) is 69.2 Å². The smallest absolute Gasteiger partial charge is 0.271 e. The van der Waals surface area contributed by atoms with Gasteiger partial charge in [-0.3, -0.25) is 4.79 Å². The van der Waals surface area contributed by atoms with Crippen LogP contribution in [-0.4, -0.2) is 18.4 Å². The highest BCUT2D eigenvalue weighted by atomic mass is 16.7. The molecule has 0 saturated carbocycles. The predicted octanol–water partition coefficient (Wildman–Crippen LogP) is 5.30. The van der Waals surface area contributed by atoms with Gasteiger partial charge in [-0.2, -0.15) is 5.10 Å².